The van der Waals surface area contributed by atoms with Crippen molar-refractivity contribution in [2.45, 2.75) is 18.9 Å². The monoisotopic (exact) mass is 343 g/mol. The lowest BCUT2D eigenvalue weighted by atomic mass is 9.82. The quantitative estimate of drug-likeness (QED) is 0.599. The summed E-state index contributed by atoms with van der Waals surface area (Å²) < 4.78 is 1.90. The maximum atomic E-state index is 12.4. The lowest BCUT2D eigenvalue weighted by molar-refractivity contribution is -0.116. The number of hydrogen-bond acceptors (Lipinski definition) is 3. The second kappa shape index (κ2) is 5.84. The Morgan fingerprint density at radius 3 is 2.92 bits per heavy atom. The number of nitrogens with one attached hydrogen (secondary N) is 2. The van der Waals surface area contributed by atoms with Crippen LogP contribution in [0, 0.1) is 0 Å². The second-order valence-electron chi connectivity index (χ2n) is 6.57. The number of carbonyl (C=O) groups is 1. The first-order valence-electron chi connectivity index (χ1n) is 8.60. The molecule has 2 aromatic heterocycles. The van der Waals surface area contributed by atoms with Crippen molar-refractivity contribution in [1.29, 1.82) is 0 Å². The molecule has 0 radical (unpaired) electrons. The Hall–Kier alpha value is -3.41. The van der Waals surface area contributed by atoms with Crippen LogP contribution in [0.4, 0.5) is 5.69 Å². The maximum Gasteiger partial charge on any atom is 0.225 e. The van der Waals surface area contributed by atoms with E-state index in [1.165, 1.54) is 11.1 Å². The van der Waals surface area contributed by atoms with Gasteiger partial charge in [0.15, 0.2) is 0 Å². The summed E-state index contributed by atoms with van der Waals surface area (Å²) in [6, 6.07) is 14.3. The standard InChI is InChI=1S/C20H17N5O/c26-19-10-16(15-6-7-18-17(11-21-24-18)20(15)23-19)14-5-2-1-4-13(14)12-25-9-3-8-22-25/h1-9,11,16H,10,12H2,(H,21,24)(H,23,26). The molecular formula is C20H17N5O. The second-order valence-corrected chi connectivity index (χ2v) is 6.57. The van der Waals surface area contributed by atoms with Gasteiger partial charge in [-0.3, -0.25) is 14.6 Å². The molecule has 6 heteroatoms. The zero-order chi connectivity index (χ0) is 17.5. The molecule has 1 amide bonds. The molecule has 1 aliphatic heterocycles. The molecule has 0 spiro atoms. The van der Waals surface area contributed by atoms with E-state index in [-0.39, 0.29) is 11.8 Å². The van der Waals surface area contributed by atoms with E-state index in [1.54, 1.807) is 12.4 Å². The number of carbonyl (C=O) groups excluding carboxylic acids is 1. The first-order valence-corrected chi connectivity index (χ1v) is 8.60. The molecule has 1 unspecified atom stereocenters. The first kappa shape index (κ1) is 14.9. The van der Waals surface area contributed by atoms with Crippen LogP contribution >= 0.6 is 0 Å². The SMILES string of the molecule is O=C1CC(c2ccccc2Cn2cccn2)c2ccc3[nH]ncc3c2N1. The molecule has 0 fully saturated rings. The smallest absolute Gasteiger partial charge is 0.225 e. The predicted octanol–water partition coefficient (Wildman–Crippen LogP) is 3.28. The minimum Gasteiger partial charge on any atom is -0.325 e. The number of rotatable bonds is 3. The predicted molar refractivity (Wildman–Crippen MR) is 99.0 cm³/mol. The van der Waals surface area contributed by atoms with Gasteiger partial charge in [-0.2, -0.15) is 10.2 Å². The van der Waals surface area contributed by atoms with E-state index >= 15 is 0 Å². The average Bonchev–Trinajstić information content (AvgIpc) is 3.33. The topological polar surface area (TPSA) is 75.6 Å². The van der Waals surface area contributed by atoms with Crippen LogP contribution in [0.2, 0.25) is 0 Å². The fourth-order valence-electron chi connectivity index (χ4n) is 3.81. The van der Waals surface area contributed by atoms with Crippen molar-refractivity contribution in [3.63, 3.8) is 0 Å². The summed E-state index contributed by atoms with van der Waals surface area (Å²) in [7, 11) is 0. The third kappa shape index (κ3) is 2.38. The summed E-state index contributed by atoms with van der Waals surface area (Å²) in [5, 5.41) is 15.4. The number of aromatic amines is 1. The molecule has 0 aliphatic carbocycles. The molecule has 6 nitrogen and oxygen atoms in total. The van der Waals surface area contributed by atoms with Gasteiger partial charge in [0.25, 0.3) is 0 Å². The Morgan fingerprint density at radius 2 is 2.04 bits per heavy atom. The Balaban J connectivity index is 1.64. The minimum atomic E-state index is 0.0183. The number of H-pyrrole nitrogens is 1. The van der Waals surface area contributed by atoms with E-state index in [0.29, 0.717) is 13.0 Å². The zero-order valence-electron chi connectivity index (χ0n) is 14.0. The molecule has 128 valence electrons. The zero-order valence-corrected chi connectivity index (χ0v) is 14.0. The number of benzene rings is 2. The van der Waals surface area contributed by atoms with E-state index in [9.17, 15) is 4.79 Å². The van der Waals surface area contributed by atoms with Gasteiger partial charge in [0.2, 0.25) is 5.91 Å². The maximum absolute atomic E-state index is 12.4. The molecule has 0 saturated heterocycles. The average molecular weight is 343 g/mol. The van der Waals surface area contributed by atoms with Crippen molar-refractivity contribution in [2.24, 2.45) is 0 Å². The molecule has 3 heterocycles. The van der Waals surface area contributed by atoms with Crippen LogP contribution in [0.1, 0.15) is 29.0 Å². The van der Waals surface area contributed by atoms with E-state index < -0.39 is 0 Å². The number of aromatic nitrogens is 4. The highest BCUT2D eigenvalue weighted by Gasteiger charge is 2.29. The van der Waals surface area contributed by atoms with Gasteiger partial charge in [0, 0.05) is 30.1 Å². The first-order chi connectivity index (χ1) is 12.8. The van der Waals surface area contributed by atoms with Crippen LogP contribution in [0.25, 0.3) is 10.9 Å². The van der Waals surface area contributed by atoms with Gasteiger partial charge >= 0.3 is 0 Å². The van der Waals surface area contributed by atoms with E-state index in [4.69, 9.17) is 0 Å². The molecule has 2 N–H and O–H groups in total. The van der Waals surface area contributed by atoms with Gasteiger partial charge in [-0.25, -0.2) is 0 Å². The number of amides is 1. The van der Waals surface area contributed by atoms with Crippen molar-refractivity contribution in [3.8, 4) is 0 Å². The fourth-order valence-corrected chi connectivity index (χ4v) is 3.81. The molecule has 1 atom stereocenters. The van der Waals surface area contributed by atoms with Gasteiger partial charge < -0.3 is 5.32 Å². The van der Waals surface area contributed by atoms with Gasteiger partial charge in [0.05, 0.1) is 23.9 Å². The highest BCUT2D eigenvalue weighted by Crippen LogP contribution is 2.41. The number of fused-ring (bicyclic) bond motifs is 3. The summed E-state index contributed by atoms with van der Waals surface area (Å²) in [4.78, 5) is 12.4. The van der Waals surface area contributed by atoms with Gasteiger partial charge in [-0.05, 0) is 28.8 Å². The summed E-state index contributed by atoms with van der Waals surface area (Å²) >= 11 is 0. The third-order valence-corrected chi connectivity index (χ3v) is 5.01. The van der Waals surface area contributed by atoms with Crippen molar-refractivity contribution in [1.82, 2.24) is 20.0 Å². The third-order valence-electron chi connectivity index (χ3n) is 5.01. The molecular weight excluding hydrogens is 326 g/mol. The Labute approximate surface area is 149 Å². The van der Waals surface area contributed by atoms with Crippen LogP contribution < -0.4 is 5.32 Å². The van der Waals surface area contributed by atoms with Crippen LogP contribution in [0.3, 0.4) is 0 Å². The molecule has 26 heavy (non-hydrogen) atoms. The molecule has 2 aromatic carbocycles. The minimum absolute atomic E-state index is 0.0183. The van der Waals surface area contributed by atoms with Crippen molar-refractivity contribution in [3.05, 3.63) is 77.7 Å². The van der Waals surface area contributed by atoms with Crippen LogP contribution in [-0.4, -0.2) is 25.9 Å². The largest absolute Gasteiger partial charge is 0.325 e. The highest BCUT2D eigenvalue weighted by atomic mass is 16.1. The number of anilines is 1. The normalized spacial score (nSPS) is 16.5. The van der Waals surface area contributed by atoms with Crippen LogP contribution in [0.5, 0.6) is 0 Å². The molecule has 0 saturated carbocycles. The van der Waals surface area contributed by atoms with Crippen LogP contribution in [0.15, 0.2) is 61.1 Å². The summed E-state index contributed by atoms with van der Waals surface area (Å²) in [5.41, 5.74) is 5.27. The molecule has 5 rings (SSSR count). The molecule has 1 aliphatic rings. The molecule has 4 aromatic rings. The summed E-state index contributed by atoms with van der Waals surface area (Å²) in [5.74, 6) is 0.0508. The Kier molecular flexibility index (Phi) is 3.35. The molecule has 0 bridgehead atoms. The highest BCUT2D eigenvalue weighted by molar-refractivity contribution is 6.05. The Morgan fingerprint density at radius 1 is 1.12 bits per heavy atom. The summed E-state index contributed by atoms with van der Waals surface area (Å²) in [6.45, 7) is 0.685. The van der Waals surface area contributed by atoms with Crippen LogP contribution in [-0.2, 0) is 11.3 Å². The number of hydrogen-bond donors (Lipinski definition) is 2. The summed E-state index contributed by atoms with van der Waals surface area (Å²) in [6.07, 6.45) is 5.94. The fraction of sp³-hybridized carbons (Fsp3) is 0.150. The Bertz CT molecular complexity index is 1100. The lowest BCUT2D eigenvalue weighted by Crippen LogP contribution is -2.24. The van der Waals surface area contributed by atoms with Crippen molar-refractivity contribution in [2.75, 3.05) is 5.32 Å². The van der Waals surface area contributed by atoms with Gasteiger partial charge in [-0.1, -0.05) is 30.3 Å². The van der Waals surface area contributed by atoms with Crippen molar-refractivity contribution < 1.29 is 4.79 Å². The van der Waals surface area contributed by atoms with Crippen molar-refractivity contribution >= 4 is 22.5 Å². The van der Waals surface area contributed by atoms with E-state index in [2.05, 4.69) is 38.8 Å². The van der Waals surface area contributed by atoms with E-state index in [1.807, 2.05) is 35.1 Å². The lowest BCUT2D eigenvalue weighted by Gasteiger charge is -2.28. The number of nitrogens with zero attached hydrogens (tertiary/aromatic N) is 3. The van der Waals surface area contributed by atoms with Gasteiger partial charge in [-0.15, -0.1) is 0 Å². The van der Waals surface area contributed by atoms with E-state index in [0.717, 1.165) is 22.2 Å². The van der Waals surface area contributed by atoms with Gasteiger partial charge in [0.1, 0.15) is 0 Å².